The van der Waals surface area contributed by atoms with Gasteiger partial charge in [0, 0.05) is 29.6 Å². The van der Waals surface area contributed by atoms with Crippen molar-refractivity contribution in [3.8, 4) is 0 Å². The van der Waals surface area contributed by atoms with E-state index in [2.05, 4.69) is 36.2 Å². The molecule has 140 valence electrons. The number of nitrogens with zero attached hydrogens (tertiary/aromatic N) is 2. The molecule has 3 aliphatic rings. The van der Waals surface area contributed by atoms with Crippen molar-refractivity contribution >= 4 is 22.7 Å². The highest BCUT2D eigenvalue weighted by Crippen LogP contribution is 2.42. The molecule has 1 N–H and O–H groups in total. The van der Waals surface area contributed by atoms with Crippen LogP contribution in [0.3, 0.4) is 0 Å². The lowest BCUT2D eigenvalue weighted by atomic mass is 9.87. The van der Waals surface area contributed by atoms with E-state index in [1.54, 1.807) is 0 Å². The van der Waals surface area contributed by atoms with Crippen molar-refractivity contribution in [3.63, 3.8) is 0 Å². The van der Waals surface area contributed by atoms with Crippen LogP contribution in [-0.2, 0) is 16.0 Å². The van der Waals surface area contributed by atoms with Crippen molar-refractivity contribution in [1.82, 2.24) is 14.8 Å². The Labute approximate surface area is 159 Å². The fraction of sp³-hybridized carbons (Fsp3) is 0.455. The van der Waals surface area contributed by atoms with Crippen molar-refractivity contribution in [2.45, 2.75) is 58.2 Å². The Balaban J connectivity index is 1.72. The second-order valence-corrected chi connectivity index (χ2v) is 8.41. The molecule has 2 saturated heterocycles. The Morgan fingerprint density at radius 3 is 2.78 bits per heavy atom. The molecule has 0 spiro atoms. The van der Waals surface area contributed by atoms with Gasteiger partial charge in [0.25, 0.3) is 0 Å². The van der Waals surface area contributed by atoms with Crippen molar-refractivity contribution in [2.24, 2.45) is 0 Å². The van der Waals surface area contributed by atoms with Crippen LogP contribution < -0.4 is 0 Å². The van der Waals surface area contributed by atoms with E-state index in [1.165, 1.54) is 16.5 Å². The fourth-order valence-corrected chi connectivity index (χ4v) is 5.11. The summed E-state index contributed by atoms with van der Waals surface area (Å²) in [5.41, 5.74) is 5.70. The van der Waals surface area contributed by atoms with E-state index in [-0.39, 0.29) is 29.9 Å². The average Bonchev–Trinajstić information content (AvgIpc) is 3.23. The molecule has 2 fully saturated rings. The number of aromatic amines is 1. The second kappa shape index (κ2) is 5.72. The standard InChI is InChI=1S/C22H25N3O2/c1-12(2)9-18-20-15(14-7-6-13(3)10-16(14)23-20)11-19-21(26)24-8-4-5-17(24)22(27)25(18)19/h6-7,9-10,17-19,23H,4-5,8,11H2,1-3H3/t17-,18-,19-/m0/s1. The minimum atomic E-state index is -0.389. The van der Waals surface area contributed by atoms with Gasteiger partial charge >= 0.3 is 0 Å². The number of aromatic nitrogens is 1. The van der Waals surface area contributed by atoms with Gasteiger partial charge < -0.3 is 14.8 Å². The topological polar surface area (TPSA) is 56.4 Å². The monoisotopic (exact) mass is 363 g/mol. The van der Waals surface area contributed by atoms with E-state index < -0.39 is 0 Å². The van der Waals surface area contributed by atoms with Crippen molar-refractivity contribution in [1.29, 1.82) is 0 Å². The van der Waals surface area contributed by atoms with Crippen molar-refractivity contribution in [3.05, 3.63) is 46.7 Å². The summed E-state index contributed by atoms with van der Waals surface area (Å²) >= 11 is 0. The first-order valence-electron chi connectivity index (χ1n) is 9.84. The summed E-state index contributed by atoms with van der Waals surface area (Å²) in [5.74, 6) is 0.233. The highest BCUT2D eigenvalue weighted by molar-refractivity contribution is 5.99. The summed E-state index contributed by atoms with van der Waals surface area (Å²) in [6.07, 6.45) is 4.43. The van der Waals surface area contributed by atoms with Gasteiger partial charge in [0.15, 0.2) is 0 Å². The zero-order valence-electron chi connectivity index (χ0n) is 16.1. The van der Waals surface area contributed by atoms with Gasteiger partial charge in [-0.25, -0.2) is 0 Å². The third-order valence-electron chi connectivity index (χ3n) is 6.28. The summed E-state index contributed by atoms with van der Waals surface area (Å²) in [6.45, 7) is 6.90. The van der Waals surface area contributed by atoms with E-state index >= 15 is 0 Å². The van der Waals surface area contributed by atoms with Crippen molar-refractivity contribution in [2.75, 3.05) is 6.54 Å². The molecular weight excluding hydrogens is 338 g/mol. The van der Waals surface area contributed by atoms with Crippen LogP contribution in [0, 0.1) is 6.92 Å². The van der Waals surface area contributed by atoms with Crippen LogP contribution in [0.2, 0.25) is 0 Å². The molecule has 0 saturated carbocycles. The first kappa shape index (κ1) is 16.6. The molecule has 0 radical (unpaired) electrons. The summed E-state index contributed by atoms with van der Waals surface area (Å²) in [4.78, 5) is 33.9. The van der Waals surface area contributed by atoms with Gasteiger partial charge in [-0.3, -0.25) is 9.59 Å². The van der Waals surface area contributed by atoms with Gasteiger partial charge in [0.2, 0.25) is 11.8 Å². The number of aryl methyl sites for hydroxylation is 1. The maximum Gasteiger partial charge on any atom is 0.246 e. The molecule has 27 heavy (non-hydrogen) atoms. The van der Waals surface area contributed by atoms with Crippen LogP contribution >= 0.6 is 0 Å². The quantitative estimate of drug-likeness (QED) is 0.791. The number of hydrogen-bond acceptors (Lipinski definition) is 2. The molecule has 2 aromatic rings. The Morgan fingerprint density at radius 1 is 1.19 bits per heavy atom. The van der Waals surface area contributed by atoms with Gasteiger partial charge in [-0.2, -0.15) is 0 Å². The summed E-state index contributed by atoms with van der Waals surface area (Å²) in [6, 6.07) is 5.55. The van der Waals surface area contributed by atoms with Crippen LogP contribution in [0.1, 0.15) is 49.6 Å². The number of rotatable bonds is 1. The zero-order valence-corrected chi connectivity index (χ0v) is 16.1. The number of allylic oxidation sites excluding steroid dienone is 1. The van der Waals surface area contributed by atoms with E-state index in [4.69, 9.17) is 0 Å². The molecular formula is C22H25N3O2. The van der Waals surface area contributed by atoms with E-state index in [1.807, 2.05) is 23.6 Å². The molecule has 4 heterocycles. The number of fused-ring (bicyclic) bond motifs is 5. The summed E-state index contributed by atoms with van der Waals surface area (Å²) in [5, 5.41) is 1.17. The zero-order chi connectivity index (χ0) is 18.9. The molecule has 0 aliphatic carbocycles. The predicted octanol–water partition coefficient (Wildman–Crippen LogP) is 3.24. The highest BCUT2D eigenvalue weighted by Gasteiger charge is 2.52. The number of nitrogens with one attached hydrogen (secondary N) is 1. The third kappa shape index (κ3) is 2.30. The van der Waals surface area contributed by atoms with E-state index in [0.29, 0.717) is 13.0 Å². The molecule has 5 nitrogen and oxygen atoms in total. The summed E-state index contributed by atoms with van der Waals surface area (Å²) in [7, 11) is 0. The molecule has 3 aliphatic heterocycles. The smallest absolute Gasteiger partial charge is 0.246 e. The van der Waals surface area contributed by atoms with Gasteiger partial charge in [0.1, 0.15) is 12.1 Å². The summed E-state index contributed by atoms with van der Waals surface area (Å²) < 4.78 is 0. The lowest BCUT2D eigenvalue weighted by Gasteiger charge is -2.47. The van der Waals surface area contributed by atoms with Crippen molar-refractivity contribution < 1.29 is 9.59 Å². The Kier molecular flexibility index (Phi) is 3.51. The number of piperazine rings is 1. The number of amides is 2. The number of carbonyl (C=O) groups is 2. The normalized spacial score (nSPS) is 26.9. The molecule has 5 rings (SSSR count). The molecule has 3 atom stereocenters. The van der Waals surface area contributed by atoms with Gasteiger partial charge in [-0.05, 0) is 50.8 Å². The minimum Gasteiger partial charge on any atom is -0.356 e. The lowest BCUT2D eigenvalue weighted by molar-refractivity contribution is -0.162. The highest BCUT2D eigenvalue weighted by atomic mass is 16.2. The van der Waals surface area contributed by atoms with Crippen LogP contribution in [0.25, 0.3) is 10.9 Å². The number of hydrogen-bond donors (Lipinski definition) is 1. The van der Waals surface area contributed by atoms with Crippen LogP contribution in [0.15, 0.2) is 29.8 Å². The first-order chi connectivity index (χ1) is 13.0. The van der Waals surface area contributed by atoms with Crippen LogP contribution in [0.5, 0.6) is 0 Å². The maximum absolute atomic E-state index is 13.3. The molecule has 1 aromatic carbocycles. The first-order valence-corrected chi connectivity index (χ1v) is 9.84. The van der Waals surface area contributed by atoms with E-state index in [0.717, 1.165) is 29.6 Å². The van der Waals surface area contributed by atoms with Crippen LogP contribution in [-0.4, -0.2) is 45.2 Å². The maximum atomic E-state index is 13.3. The number of benzene rings is 1. The predicted molar refractivity (Wildman–Crippen MR) is 104 cm³/mol. The van der Waals surface area contributed by atoms with Crippen LogP contribution in [0.4, 0.5) is 0 Å². The van der Waals surface area contributed by atoms with Gasteiger partial charge in [0.05, 0.1) is 6.04 Å². The third-order valence-corrected chi connectivity index (χ3v) is 6.28. The van der Waals surface area contributed by atoms with Gasteiger partial charge in [-0.1, -0.05) is 23.8 Å². The Bertz CT molecular complexity index is 998. The number of H-pyrrole nitrogens is 1. The second-order valence-electron chi connectivity index (χ2n) is 8.41. The molecule has 0 bridgehead atoms. The fourth-order valence-electron chi connectivity index (χ4n) is 5.11. The SMILES string of the molecule is CC(C)=C[C@H]1c2[nH]c3cc(C)ccc3c2C[C@H]2C(=O)N3CCC[C@H]3C(=O)N21. The average molecular weight is 363 g/mol. The molecule has 2 amide bonds. The Hall–Kier alpha value is -2.56. The lowest BCUT2D eigenvalue weighted by Crippen LogP contribution is -2.65. The number of carbonyl (C=O) groups excluding carboxylic acids is 2. The molecule has 0 unspecified atom stereocenters. The van der Waals surface area contributed by atoms with E-state index in [9.17, 15) is 9.59 Å². The minimum absolute atomic E-state index is 0.111. The molecule has 5 heteroatoms. The van der Waals surface area contributed by atoms with Gasteiger partial charge in [-0.15, -0.1) is 0 Å². The Morgan fingerprint density at radius 2 is 2.00 bits per heavy atom. The molecule has 1 aromatic heterocycles. The largest absolute Gasteiger partial charge is 0.356 e.